The van der Waals surface area contributed by atoms with Gasteiger partial charge in [-0.05, 0) is 24.8 Å². The number of piperidine rings is 1. The number of halogens is 1. The molecule has 0 amide bonds. The van der Waals surface area contributed by atoms with Crippen LogP contribution in [0.2, 0.25) is 0 Å². The second-order valence-corrected chi connectivity index (χ2v) is 8.81. The van der Waals surface area contributed by atoms with Gasteiger partial charge in [-0.2, -0.15) is 0 Å². The van der Waals surface area contributed by atoms with Crippen LogP contribution in [0.25, 0.3) is 0 Å². The maximum Gasteiger partial charge on any atom is 0.255 e. The Bertz CT molecular complexity index is 922. The third-order valence-electron chi connectivity index (χ3n) is 6.67. The number of imidazole rings is 1. The lowest BCUT2D eigenvalue weighted by atomic mass is 9.83. The Morgan fingerprint density at radius 1 is 1.14 bits per heavy atom. The SMILES string of the molecule is Cn1cncc1CN1C[C@@H]2C[C@H](C1)c1ccc(CN3CC[C@@H](F)C3)c(=O)n1C2. The van der Waals surface area contributed by atoms with Crippen molar-refractivity contribution in [1.29, 1.82) is 0 Å². The monoisotopic (exact) mass is 385 g/mol. The van der Waals surface area contributed by atoms with Gasteiger partial charge in [-0.25, -0.2) is 9.37 Å². The van der Waals surface area contributed by atoms with Gasteiger partial charge in [0.2, 0.25) is 0 Å². The lowest BCUT2D eigenvalue weighted by Gasteiger charge is -2.43. The maximum atomic E-state index is 13.5. The molecule has 0 aromatic carbocycles. The molecule has 2 bridgehead atoms. The van der Waals surface area contributed by atoms with Gasteiger partial charge >= 0.3 is 0 Å². The molecule has 3 aliphatic rings. The van der Waals surface area contributed by atoms with E-state index >= 15 is 0 Å². The molecule has 150 valence electrons. The first-order chi connectivity index (χ1) is 13.6. The maximum absolute atomic E-state index is 13.5. The first-order valence-electron chi connectivity index (χ1n) is 10.3. The number of likely N-dealkylation sites (tertiary alicyclic amines) is 2. The lowest BCUT2D eigenvalue weighted by Crippen LogP contribution is -2.47. The van der Waals surface area contributed by atoms with E-state index in [0.29, 0.717) is 31.3 Å². The van der Waals surface area contributed by atoms with Crippen molar-refractivity contribution >= 4 is 0 Å². The number of hydrogen-bond donors (Lipinski definition) is 0. The molecule has 2 aromatic rings. The van der Waals surface area contributed by atoms with Gasteiger partial charge in [0, 0.05) is 76.2 Å². The zero-order chi connectivity index (χ0) is 19.3. The van der Waals surface area contributed by atoms with Crippen LogP contribution in [-0.2, 0) is 26.7 Å². The summed E-state index contributed by atoms with van der Waals surface area (Å²) < 4.78 is 17.6. The molecule has 2 fully saturated rings. The van der Waals surface area contributed by atoms with Crippen LogP contribution in [0.5, 0.6) is 0 Å². The van der Waals surface area contributed by atoms with Crippen LogP contribution in [0.1, 0.15) is 35.7 Å². The van der Waals surface area contributed by atoms with Crippen LogP contribution < -0.4 is 5.56 Å². The summed E-state index contributed by atoms with van der Waals surface area (Å²) >= 11 is 0. The van der Waals surface area contributed by atoms with Crippen molar-refractivity contribution in [1.82, 2.24) is 23.9 Å². The topological polar surface area (TPSA) is 46.3 Å². The molecule has 5 rings (SSSR count). The van der Waals surface area contributed by atoms with Crippen molar-refractivity contribution in [3.05, 3.63) is 52.0 Å². The molecule has 3 atom stereocenters. The fourth-order valence-corrected chi connectivity index (χ4v) is 5.28. The minimum Gasteiger partial charge on any atom is -0.337 e. The second-order valence-electron chi connectivity index (χ2n) is 8.81. The fraction of sp³-hybridized carbons (Fsp3) is 0.619. The van der Waals surface area contributed by atoms with Gasteiger partial charge < -0.3 is 9.13 Å². The number of aryl methyl sites for hydroxylation is 1. The summed E-state index contributed by atoms with van der Waals surface area (Å²) in [6.45, 7) is 5.48. The lowest BCUT2D eigenvalue weighted by molar-refractivity contribution is 0.112. The van der Waals surface area contributed by atoms with Crippen molar-refractivity contribution < 1.29 is 4.39 Å². The fourth-order valence-electron chi connectivity index (χ4n) is 5.28. The predicted octanol–water partition coefficient (Wildman–Crippen LogP) is 1.74. The third kappa shape index (κ3) is 3.31. The van der Waals surface area contributed by atoms with Crippen LogP contribution >= 0.6 is 0 Å². The van der Waals surface area contributed by atoms with Crippen molar-refractivity contribution in [2.45, 2.75) is 44.6 Å². The highest BCUT2D eigenvalue weighted by Gasteiger charge is 2.35. The average Bonchev–Trinajstić information content (AvgIpc) is 3.26. The van der Waals surface area contributed by atoms with E-state index in [4.69, 9.17) is 0 Å². The van der Waals surface area contributed by atoms with Crippen molar-refractivity contribution in [2.75, 3.05) is 26.2 Å². The summed E-state index contributed by atoms with van der Waals surface area (Å²) in [4.78, 5) is 21.9. The molecule has 7 heteroatoms. The summed E-state index contributed by atoms with van der Waals surface area (Å²) in [7, 11) is 2.04. The Morgan fingerprint density at radius 3 is 2.79 bits per heavy atom. The Labute approximate surface area is 164 Å². The molecule has 3 aliphatic heterocycles. The van der Waals surface area contributed by atoms with Crippen molar-refractivity contribution in [3.8, 4) is 0 Å². The molecule has 6 nitrogen and oxygen atoms in total. The smallest absolute Gasteiger partial charge is 0.255 e. The molecule has 0 N–H and O–H groups in total. The minimum atomic E-state index is -0.745. The largest absolute Gasteiger partial charge is 0.337 e. The van der Waals surface area contributed by atoms with Crippen LogP contribution in [0.3, 0.4) is 0 Å². The molecule has 5 heterocycles. The predicted molar refractivity (Wildman–Crippen MR) is 105 cm³/mol. The molecule has 2 saturated heterocycles. The molecule has 0 saturated carbocycles. The van der Waals surface area contributed by atoms with Crippen molar-refractivity contribution in [2.24, 2.45) is 13.0 Å². The highest BCUT2D eigenvalue weighted by atomic mass is 19.1. The van der Waals surface area contributed by atoms with E-state index < -0.39 is 6.17 Å². The minimum absolute atomic E-state index is 0.134. The summed E-state index contributed by atoms with van der Waals surface area (Å²) in [6, 6.07) is 4.13. The van der Waals surface area contributed by atoms with E-state index in [2.05, 4.69) is 25.4 Å². The van der Waals surface area contributed by atoms with E-state index in [9.17, 15) is 9.18 Å². The van der Waals surface area contributed by atoms with Gasteiger partial charge in [-0.1, -0.05) is 6.07 Å². The van der Waals surface area contributed by atoms with Crippen molar-refractivity contribution in [3.63, 3.8) is 0 Å². The van der Waals surface area contributed by atoms with E-state index in [0.717, 1.165) is 44.7 Å². The number of aromatic nitrogens is 3. The highest BCUT2D eigenvalue weighted by molar-refractivity contribution is 5.22. The van der Waals surface area contributed by atoms with Gasteiger partial charge in [0.1, 0.15) is 6.17 Å². The molecule has 28 heavy (non-hydrogen) atoms. The average molecular weight is 385 g/mol. The second kappa shape index (κ2) is 7.12. The summed E-state index contributed by atoms with van der Waals surface area (Å²) in [5.41, 5.74) is 3.34. The number of rotatable bonds is 4. The molecular formula is C21H28FN5O. The Morgan fingerprint density at radius 2 is 2.04 bits per heavy atom. The Kier molecular flexibility index (Phi) is 4.59. The highest BCUT2D eigenvalue weighted by Crippen LogP contribution is 2.35. The molecule has 0 spiro atoms. The third-order valence-corrected chi connectivity index (χ3v) is 6.67. The zero-order valence-corrected chi connectivity index (χ0v) is 16.4. The van der Waals surface area contributed by atoms with Crippen LogP contribution in [0.15, 0.2) is 29.5 Å². The standard InChI is InChI=1S/C21H28FN5O/c1-24-14-23-7-19(24)13-26-8-15-6-17(11-26)20-3-2-16(21(28)27(20)9-15)10-25-5-4-18(22)12-25/h2-3,7,14-15,17-18H,4-6,8-13H2,1H3/t15-,17+,18+/m0/s1. The molecular weight excluding hydrogens is 357 g/mol. The van der Waals surface area contributed by atoms with Gasteiger partial charge in [-0.15, -0.1) is 0 Å². The van der Waals surface area contributed by atoms with E-state index in [-0.39, 0.29) is 5.56 Å². The van der Waals surface area contributed by atoms with Crippen LogP contribution in [0.4, 0.5) is 4.39 Å². The molecule has 2 aromatic heterocycles. The van der Waals surface area contributed by atoms with Gasteiger partial charge in [0.05, 0.1) is 12.0 Å². The van der Waals surface area contributed by atoms with Gasteiger partial charge in [0.25, 0.3) is 5.56 Å². The van der Waals surface area contributed by atoms with Gasteiger partial charge in [0.15, 0.2) is 0 Å². The summed E-state index contributed by atoms with van der Waals surface area (Å²) in [6.07, 6.45) is 4.79. The van der Waals surface area contributed by atoms with E-state index in [1.165, 1.54) is 11.4 Å². The number of hydrogen-bond acceptors (Lipinski definition) is 4. The molecule has 0 radical (unpaired) electrons. The normalized spacial score (nSPS) is 27.9. The Hall–Kier alpha value is -1.99. The quantitative estimate of drug-likeness (QED) is 0.805. The summed E-state index contributed by atoms with van der Waals surface area (Å²) in [5, 5.41) is 0. The number of fused-ring (bicyclic) bond motifs is 4. The number of pyridine rings is 1. The van der Waals surface area contributed by atoms with E-state index in [1.54, 1.807) is 0 Å². The first-order valence-corrected chi connectivity index (χ1v) is 10.3. The Balaban J connectivity index is 1.35. The first kappa shape index (κ1) is 18.1. The summed E-state index contributed by atoms with van der Waals surface area (Å²) in [5.74, 6) is 0.916. The molecule has 0 unspecified atom stereocenters. The number of nitrogens with zero attached hydrogens (tertiary/aromatic N) is 5. The molecule has 0 aliphatic carbocycles. The van der Waals surface area contributed by atoms with Gasteiger partial charge in [-0.3, -0.25) is 14.6 Å². The van der Waals surface area contributed by atoms with Crippen LogP contribution in [0, 0.1) is 5.92 Å². The number of alkyl halides is 1. The van der Waals surface area contributed by atoms with Crippen LogP contribution in [-0.4, -0.2) is 56.3 Å². The zero-order valence-electron chi connectivity index (χ0n) is 16.4. The van der Waals surface area contributed by atoms with E-state index in [1.807, 2.05) is 30.2 Å².